The molecular formula is C32H22ClNO5S. The zero-order chi connectivity index (χ0) is 28.0. The van der Waals surface area contributed by atoms with Crippen LogP contribution in [-0.2, 0) is 0 Å². The Kier molecular flexibility index (Phi) is 6.62. The number of carbonyl (C=O) groups is 1. The average Bonchev–Trinajstić information content (AvgIpc) is 2.94. The number of benzene rings is 4. The summed E-state index contributed by atoms with van der Waals surface area (Å²) in [4.78, 5) is 38.9. The second-order valence-corrected chi connectivity index (χ2v) is 11.0. The van der Waals surface area contributed by atoms with Gasteiger partial charge in [-0.2, -0.15) is 0 Å². The maximum atomic E-state index is 13.1. The molecule has 1 amide bonds. The summed E-state index contributed by atoms with van der Waals surface area (Å²) in [6.07, 6.45) is -0.289. The van der Waals surface area contributed by atoms with Crippen LogP contribution in [0.5, 0.6) is 5.75 Å². The number of amides is 1. The molecule has 6 nitrogen and oxygen atoms in total. The van der Waals surface area contributed by atoms with Gasteiger partial charge >= 0.3 is 5.63 Å². The number of hydrogen-bond donors (Lipinski definition) is 1. The highest BCUT2D eigenvalue weighted by molar-refractivity contribution is 7.24. The first-order chi connectivity index (χ1) is 19.3. The molecule has 1 N–H and O–H groups in total. The predicted molar refractivity (Wildman–Crippen MR) is 161 cm³/mol. The van der Waals surface area contributed by atoms with Crippen molar-refractivity contribution >= 4 is 65.7 Å². The fourth-order valence-electron chi connectivity index (χ4n) is 4.75. The first-order valence-electron chi connectivity index (χ1n) is 12.5. The van der Waals surface area contributed by atoms with E-state index >= 15 is 0 Å². The number of ether oxygens (including phenoxy) is 1. The molecule has 1 atom stereocenters. The summed E-state index contributed by atoms with van der Waals surface area (Å²) >= 11 is 8.01. The van der Waals surface area contributed by atoms with E-state index < -0.39 is 11.5 Å². The van der Waals surface area contributed by atoms with Crippen LogP contribution in [0.4, 0.5) is 5.69 Å². The van der Waals surface area contributed by atoms with Crippen molar-refractivity contribution in [3.05, 3.63) is 127 Å². The van der Waals surface area contributed by atoms with Crippen LogP contribution in [0.15, 0.2) is 98.9 Å². The van der Waals surface area contributed by atoms with Gasteiger partial charge in [0.05, 0.1) is 5.02 Å². The third-order valence-corrected chi connectivity index (χ3v) is 8.24. The van der Waals surface area contributed by atoms with Crippen molar-refractivity contribution in [1.29, 1.82) is 0 Å². The second kappa shape index (κ2) is 10.3. The van der Waals surface area contributed by atoms with Crippen molar-refractivity contribution in [3.63, 3.8) is 0 Å². The summed E-state index contributed by atoms with van der Waals surface area (Å²) < 4.78 is 13.3. The van der Waals surface area contributed by atoms with E-state index in [1.54, 1.807) is 36.4 Å². The lowest BCUT2D eigenvalue weighted by Crippen LogP contribution is -2.20. The van der Waals surface area contributed by atoms with Gasteiger partial charge in [-0.1, -0.05) is 48.0 Å². The maximum Gasteiger partial charge on any atom is 0.349 e. The number of hydrogen-bond acceptors (Lipinski definition) is 6. The molecule has 8 heteroatoms. The van der Waals surface area contributed by atoms with Crippen molar-refractivity contribution in [2.24, 2.45) is 0 Å². The smallest absolute Gasteiger partial charge is 0.349 e. The molecule has 2 heterocycles. The quantitative estimate of drug-likeness (QED) is 0.169. The number of aryl methyl sites for hydroxylation is 1. The van der Waals surface area contributed by atoms with Gasteiger partial charge in [-0.3, -0.25) is 9.59 Å². The van der Waals surface area contributed by atoms with Gasteiger partial charge in [-0.15, -0.1) is 11.3 Å². The molecule has 0 bridgehead atoms. The van der Waals surface area contributed by atoms with Gasteiger partial charge in [0, 0.05) is 37.3 Å². The van der Waals surface area contributed by atoms with Gasteiger partial charge in [0.1, 0.15) is 23.0 Å². The minimum absolute atomic E-state index is 0.116. The van der Waals surface area contributed by atoms with Crippen molar-refractivity contribution in [3.8, 4) is 5.75 Å². The van der Waals surface area contributed by atoms with Crippen molar-refractivity contribution in [1.82, 2.24) is 0 Å². The van der Waals surface area contributed by atoms with Gasteiger partial charge < -0.3 is 14.5 Å². The topological polar surface area (TPSA) is 85.6 Å². The second-order valence-electron chi connectivity index (χ2n) is 9.48. The number of rotatable bonds is 5. The van der Waals surface area contributed by atoms with Crippen LogP contribution in [0.1, 0.15) is 34.5 Å². The Hall–Kier alpha value is -4.46. The molecule has 6 aromatic rings. The van der Waals surface area contributed by atoms with Crippen LogP contribution in [0.2, 0.25) is 5.02 Å². The fraction of sp³-hybridized carbons (Fsp3) is 0.0938. The van der Waals surface area contributed by atoms with Gasteiger partial charge in [0.15, 0.2) is 5.43 Å². The minimum atomic E-state index is -0.802. The number of carbonyl (C=O) groups excluding carboxylic acids is 1. The van der Waals surface area contributed by atoms with Crippen LogP contribution in [0.25, 0.3) is 31.1 Å². The predicted octanol–water partition coefficient (Wildman–Crippen LogP) is 7.88. The lowest BCUT2D eigenvalue weighted by atomic mass is 10.0. The van der Waals surface area contributed by atoms with Crippen LogP contribution in [-0.4, -0.2) is 5.91 Å². The highest BCUT2D eigenvalue weighted by Crippen LogP contribution is 2.34. The molecule has 40 heavy (non-hydrogen) atoms. The molecule has 0 spiro atoms. The molecule has 0 aliphatic carbocycles. The zero-order valence-corrected chi connectivity index (χ0v) is 23.1. The van der Waals surface area contributed by atoms with Crippen LogP contribution in [0.3, 0.4) is 0 Å². The molecule has 0 saturated carbocycles. The van der Waals surface area contributed by atoms with Gasteiger partial charge in [-0.25, -0.2) is 4.79 Å². The third kappa shape index (κ3) is 4.74. The molecule has 0 fully saturated rings. The maximum absolute atomic E-state index is 13.1. The number of nitrogens with one attached hydrogen (secondary N) is 1. The first-order valence-corrected chi connectivity index (χ1v) is 13.7. The molecule has 0 aliphatic heterocycles. The number of halogens is 1. The number of fused-ring (bicyclic) bond motifs is 3. The summed E-state index contributed by atoms with van der Waals surface area (Å²) in [5.74, 6) is -0.292. The van der Waals surface area contributed by atoms with Crippen molar-refractivity contribution in [2.45, 2.75) is 20.0 Å². The molecule has 0 aliphatic rings. The Morgan fingerprint density at radius 3 is 2.50 bits per heavy atom. The number of anilines is 1. The Balaban J connectivity index is 1.29. The summed E-state index contributed by atoms with van der Waals surface area (Å²) in [5.41, 5.74) is 1.63. The van der Waals surface area contributed by atoms with E-state index in [-0.39, 0.29) is 22.7 Å². The zero-order valence-electron chi connectivity index (χ0n) is 21.5. The SMILES string of the molecule is Cc1ccccc1C(C)Oc1cc2oc(=O)c(C(=O)Nc3ccc4sc5ccccc5c(=O)c4c3)cc2cc1Cl. The Bertz CT molecular complexity index is 2080. The molecule has 4 aromatic carbocycles. The normalized spacial score (nSPS) is 12.1. The molecule has 0 saturated heterocycles. The monoisotopic (exact) mass is 567 g/mol. The van der Waals surface area contributed by atoms with E-state index in [0.717, 1.165) is 20.5 Å². The molecule has 6 rings (SSSR count). The summed E-state index contributed by atoms with van der Waals surface area (Å²) in [6.45, 7) is 3.92. The highest BCUT2D eigenvalue weighted by Gasteiger charge is 2.18. The Morgan fingerprint density at radius 1 is 0.925 bits per heavy atom. The van der Waals surface area contributed by atoms with Gasteiger partial charge in [0.25, 0.3) is 5.91 Å². The van der Waals surface area contributed by atoms with E-state index in [1.807, 2.05) is 56.3 Å². The lowest BCUT2D eigenvalue weighted by Gasteiger charge is -2.18. The summed E-state index contributed by atoms with van der Waals surface area (Å²) in [7, 11) is 0. The van der Waals surface area contributed by atoms with E-state index in [4.69, 9.17) is 20.8 Å². The van der Waals surface area contributed by atoms with Crippen LogP contribution < -0.4 is 21.1 Å². The van der Waals surface area contributed by atoms with E-state index in [9.17, 15) is 14.4 Å². The molecule has 2 aromatic heterocycles. The van der Waals surface area contributed by atoms with Crippen molar-refractivity contribution in [2.75, 3.05) is 5.32 Å². The van der Waals surface area contributed by atoms with E-state index in [1.165, 1.54) is 17.4 Å². The Labute approximate surface area is 237 Å². The fourth-order valence-corrected chi connectivity index (χ4v) is 6.01. The average molecular weight is 568 g/mol. The largest absolute Gasteiger partial charge is 0.484 e. The van der Waals surface area contributed by atoms with Gasteiger partial charge in [0.2, 0.25) is 0 Å². The van der Waals surface area contributed by atoms with Crippen LogP contribution in [0, 0.1) is 6.92 Å². The minimum Gasteiger partial charge on any atom is -0.484 e. The molecule has 1 unspecified atom stereocenters. The first kappa shape index (κ1) is 25.8. The van der Waals surface area contributed by atoms with E-state index in [2.05, 4.69) is 5.32 Å². The molecule has 198 valence electrons. The Morgan fingerprint density at radius 2 is 1.68 bits per heavy atom. The summed E-state index contributed by atoms with van der Waals surface area (Å²) in [6, 6.07) is 25.0. The molecular weight excluding hydrogens is 546 g/mol. The van der Waals surface area contributed by atoms with Crippen LogP contribution >= 0.6 is 22.9 Å². The lowest BCUT2D eigenvalue weighted by molar-refractivity contribution is 0.102. The standard InChI is InChI=1S/C32H22ClNO5S/c1-17-7-3-4-8-21(17)18(2)38-27-16-26-19(14-25(27)33)13-24(32(37)39-26)31(36)34-20-11-12-29-23(15-20)30(35)22-9-5-6-10-28(22)40-29/h3-16,18H,1-2H3,(H,34,36). The van der Waals surface area contributed by atoms with Crippen molar-refractivity contribution < 1.29 is 13.9 Å². The van der Waals surface area contributed by atoms with Gasteiger partial charge in [-0.05, 0) is 67.4 Å². The third-order valence-electron chi connectivity index (χ3n) is 6.80. The highest BCUT2D eigenvalue weighted by atomic mass is 35.5. The van der Waals surface area contributed by atoms with E-state index in [0.29, 0.717) is 32.6 Å². The molecule has 0 radical (unpaired) electrons. The summed E-state index contributed by atoms with van der Waals surface area (Å²) in [5, 5.41) is 4.62.